The summed E-state index contributed by atoms with van der Waals surface area (Å²) in [4.78, 5) is 28.6. The molecule has 2 aromatic rings. The van der Waals surface area contributed by atoms with Crippen LogP contribution in [-0.4, -0.2) is 34.6 Å². The Morgan fingerprint density at radius 1 is 1.10 bits per heavy atom. The molecule has 30 heavy (non-hydrogen) atoms. The Labute approximate surface area is 182 Å². The molecule has 3 rings (SSSR count). The van der Waals surface area contributed by atoms with Gasteiger partial charge in [0, 0.05) is 29.7 Å². The Kier molecular flexibility index (Phi) is 8.31. The molecule has 160 valence electrons. The fraction of sp³-hybridized carbons (Fsp3) is 0.417. The average molecular weight is 429 g/mol. The van der Waals surface area contributed by atoms with Crippen molar-refractivity contribution in [2.75, 3.05) is 5.75 Å². The zero-order chi connectivity index (χ0) is 21.3. The molecule has 0 heterocycles. The van der Waals surface area contributed by atoms with Crippen LogP contribution in [0.5, 0.6) is 0 Å². The van der Waals surface area contributed by atoms with E-state index in [1.54, 1.807) is 35.7 Å². The van der Waals surface area contributed by atoms with Crippen molar-refractivity contribution in [3.05, 3.63) is 66.0 Å². The van der Waals surface area contributed by atoms with Gasteiger partial charge in [0.25, 0.3) is 0 Å². The van der Waals surface area contributed by atoms with Crippen LogP contribution in [0, 0.1) is 5.82 Å². The van der Waals surface area contributed by atoms with E-state index in [1.807, 2.05) is 30.3 Å². The number of amides is 2. The molecule has 0 radical (unpaired) electrons. The Morgan fingerprint density at radius 2 is 1.77 bits per heavy atom. The number of nitrogens with zero attached hydrogens (tertiary/aromatic N) is 1. The van der Waals surface area contributed by atoms with Gasteiger partial charge in [-0.15, -0.1) is 11.8 Å². The van der Waals surface area contributed by atoms with Crippen LogP contribution in [0.15, 0.2) is 59.5 Å². The van der Waals surface area contributed by atoms with Crippen LogP contribution < -0.4 is 5.32 Å². The molecule has 0 bridgehead atoms. The second kappa shape index (κ2) is 11.2. The minimum atomic E-state index is -0.579. The van der Waals surface area contributed by atoms with Crippen molar-refractivity contribution in [1.82, 2.24) is 10.2 Å². The number of nitrogens with one attached hydrogen (secondary N) is 1. The molecule has 6 heteroatoms. The maximum Gasteiger partial charge on any atom is 0.242 e. The van der Waals surface area contributed by atoms with E-state index in [9.17, 15) is 14.0 Å². The summed E-state index contributed by atoms with van der Waals surface area (Å²) in [5, 5.41) is 3.09. The first-order valence-corrected chi connectivity index (χ1v) is 11.5. The van der Waals surface area contributed by atoms with E-state index < -0.39 is 6.04 Å². The molecule has 2 amide bonds. The van der Waals surface area contributed by atoms with E-state index in [-0.39, 0.29) is 30.2 Å². The topological polar surface area (TPSA) is 49.4 Å². The van der Waals surface area contributed by atoms with Crippen molar-refractivity contribution in [3.8, 4) is 0 Å². The summed E-state index contributed by atoms with van der Waals surface area (Å²) in [6.45, 7) is 2.06. The number of hydrogen-bond donors (Lipinski definition) is 1. The number of carbonyl (C=O) groups excluding carboxylic acids is 2. The Bertz CT molecular complexity index is 823. The smallest absolute Gasteiger partial charge is 0.242 e. The van der Waals surface area contributed by atoms with Gasteiger partial charge >= 0.3 is 0 Å². The standard InChI is InChI=1S/C24H29FN2O2S/c1-18(24(29)26-21-7-5-6-8-21)27(17-19-11-13-20(25)14-12-19)23(28)15-16-30-22-9-3-2-4-10-22/h2-4,9-14,18,21H,5-8,15-17H2,1H3,(H,26,29)/t18-/m1/s1. The van der Waals surface area contributed by atoms with Crippen LogP contribution in [0.1, 0.15) is 44.6 Å². The van der Waals surface area contributed by atoms with Crippen LogP contribution in [0.2, 0.25) is 0 Å². The first-order valence-electron chi connectivity index (χ1n) is 10.5. The van der Waals surface area contributed by atoms with Crippen LogP contribution in [0.4, 0.5) is 4.39 Å². The molecule has 1 fully saturated rings. The zero-order valence-electron chi connectivity index (χ0n) is 17.4. The predicted molar refractivity (Wildman–Crippen MR) is 119 cm³/mol. The lowest BCUT2D eigenvalue weighted by Gasteiger charge is -2.30. The van der Waals surface area contributed by atoms with Crippen LogP contribution in [-0.2, 0) is 16.1 Å². The van der Waals surface area contributed by atoms with Crippen LogP contribution >= 0.6 is 11.8 Å². The van der Waals surface area contributed by atoms with Gasteiger partial charge in [0.2, 0.25) is 11.8 Å². The molecule has 0 unspecified atom stereocenters. The third kappa shape index (κ3) is 6.59. The van der Waals surface area contributed by atoms with E-state index in [4.69, 9.17) is 0 Å². The summed E-state index contributed by atoms with van der Waals surface area (Å²) < 4.78 is 13.3. The molecule has 0 aromatic heterocycles. The van der Waals surface area contributed by atoms with Gasteiger partial charge in [-0.2, -0.15) is 0 Å². The van der Waals surface area contributed by atoms with Crippen molar-refractivity contribution in [3.63, 3.8) is 0 Å². The number of benzene rings is 2. The van der Waals surface area contributed by atoms with E-state index in [1.165, 1.54) is 12.1 Å². The van der Waals surface area contributed by atoms with Crippen LogP contribution in [0.25, 0.3) is 0 Å². The summed E-state index contributed by atoms with van der Waals surface area (Å²) in [6.07, 6.45) is 4.60. The summed E-state index contributed by atoms with van der Waals surface area (Å²) >= 11 is 1.62. The quantitative estimate of drug-likeness (QED) is 0.585. The lowest BCUT2D eigenvalue weighted by Crippen LogP contribution is -2.49. The normalized spacial score (nSPS) is 15.0. The number of hydrogen-bond acceptors (Lipinski definition) is 3. The van der Waals surface area contributed by atoms with Gasteiger partial charge in [-0.1, -0.05) is 43.2 Å². The van der Waals surface area contributed by atoms with Gasteiger partial charge in [-0.3, -0.25) is 9.59 Å². The first kappa shape index (κ1) is 22.3. The van der Waals surface area contributed by atoms with E-state index in [2.05, 4.69) is 5.32 Å². The first-order chi connectivity index (χ1) is 14.5. The fourth-order valence-corrected chi connectivity index (χ4v) is 4.54. The van der Waals surface area contributed by atoms with Crippen LogP contribution in [0.3, 0.4) is 0 Å². The molecule has 1 atom stereocenters. The molecular formula is C24H29FN2O2S. The lowest BCUT2D eigenvalue weighted by molar-refractivity contribution is -0.140. The second-order valence-corrected chi connectivity index (χ2v) is 8.89. The van der Waals surface area contributed by atoms with Crippen molar-refractivity contribution < 1.29 is 14.0 Å². The monoisotopic (exact) mass is 428 g/mol. The van der Waals surface area contributed by atoms with Gasteiger partial charge in [-0.25, -0.2) is 4.39 Å². The number of rotatable bonds is 9. The molecule has 1 saturated carbocycles. The van der Waals surface area contributed by atoms with Gasteiger partial charge < -0.3 is 10.2 Å². The molecule has 1 aliphatic carbocycles. The molecule has 0 spiro atoms. The van der Waals surface area contributed by atoms with Crippen molar-refractivity contribution >= 4 is 23.6 Å². The third-order valence-corrected chi connectivity index (χ3v) is 6.48. The van der Waals surface area contributed by atoms with Gasteiger partial charge in [0.1, 0.15) is 11.9 Å². The molecule has 0 aliphatic heterocycles. The highest BCUT2D eigenvalue weighted by Gasteiger charge is 2.28. The minimum Gasteiger partial charge on any atom is -0.352 e. The minimum absolute atomic E-state index is 0.0724. The molecule has 1 aliphatic rings. The van der Waals surface area contributed by atoms with Gasteiger partial charge in [-0.05, 0) is 49.6 Å². The third-order valence-electron chi connectivity index (χ3n) is 5.46. The van der Waals surface area contributed by atoms with Gasteiger partial charge in [0.15, 0.2) is 0 Å². The van der Waals surface area contributed by atoms with E-state index >= 15 is 0 Å². The summed E-state index contributed by atoms with van der Waals surface area (Å²) in [6, 6.07) is 15.7. The summed E-state index contributed by atoms with van der Waals surface area (Å²) in [5.41, 5.74) is 0.806. The maximum absolute atomic E-state index is 13.3. The molecule has 4 nitrogen and oxygen atoms in total. The fourth-order valence-electron chi connectivity index (χ4n) is 3.68. The Balaban J connectivity index is 1.64. The maximum atomic E-state index is 13.3. The Hall–Kier alpha value is -2.34. The summed E-state index contributed by atoms with van der Waals surface area (Å²) in [5.74, 6) is 0.132. The highest BCUT2D eigenvalue weighted by atomic mass is 32.2. The highest BCUT2D eigenvalue weighted by Crippen LogP contribution is 2.21. The highest BCUT2D eigenvalue weighted by molar-refractivity contribution is 7.99. The second-order valence-electron chi connectivity index (χ2n) is 7.73. The molecular weight excluding hydrogens is 399 g/mol. The number of thioether (sulfide) groups is 1. The SMILES string of the molecule is C[C@H](C(=O)NC1CCCC1)N(Cc1ccc(F)cc1)C(=O)CCSc1ccccc1. The Morgan fingerprint density at radius 3 is 2.43 bits per heavy atom. The van der Waals surface area contributed by atoms with E-state index in [0.717, 1.165) is 36.1 Å². The summed E-state index contributed by atoms with van der Waals surface area (Å²) in [7, 11) is 0. The van der Waals surface area contributed by atoms with E-state index in [0.29, 0.717) is 12.2 Å². The molecule has 1 N–H and O–H groups in total. The van der Waals surface area contributed by atoms with Gasteiger partial charge in [0.05, 0.1) is 0 Å². The molecule has 2 aromatic carbocycles. The zero-order valence-corrected chi connectivity index (χ0v) is 18.2. The van der Waals surface area contributed by atoms with Crippen molar-refractivity contribution in [2.24, 2.45) is 0 Å². The number of halogens is 1. The lowest BCUT2D eigenvalue weighted by atomic mass is 10.1. The van der Waals surface area contributed by atoms with Crippen molar-refractivity contribution in [2.45, 2.75) is 62.6 Å². The predicted octanol–water partition coefficient (Wildman–Crippen LogP) is 4.78. The largest absolute Gasteiger partial charge is 0.352 e. The van der Waals surface area contributed by atoms with Crippen molar-refractivity contribution in [1.29, 1.82) is 0 Å². The number of carbonyl (C=O) groups is 2. The molecule has 0 saturated heterocycles. The average Bonchev–Trinajstić information content (AvgIpc) is 3.26.